The van der Waals surface area contributed by atoms with E-state index in [0.29, 0.717) is 23.7 Å². The van der Waals surface area contributed by atoms with Crippen molar-refractivity contribution in [2.24, 2.45) is 0 Å². The van der Waals surface area contributed by atoms with Gasteiger partial charge >= 0.3 is 13.0 Å². The largest absolute Gasteiger partial charge is 0.573 e. The Morgan fingerprint density at radius 3 is 2.37 bits per heavy atom. The molecule has 0 N–H and O–H groups in total. The minimum atomic E-state index is -4.96. The lowest BCUT2D eigenvalue weighted by atomic mass is 10.1. The van der Waals surface area contributed by atoms with E-state index in [1.54, 1.807) is 0 Å². The molecule has 1 aromatic carbocycles. The van der Waals surface area contributed by atoms with E-state index in [1.165, 1.54) is 6.07 Å². The predicted molar refractivity (Wildman–Crippen MR) is 61.9 cm³/mol. The standard InChI is InChI=1S/C11H10BrF5O2/c12-5-1-2-7-3-4-8(18-10(13)14)9(6-7)19-11(15,16)17/h3-4,6,10H,1-2,5H2. The molecule has 0 spiro atoms. The highest BCUT2D eigenvalue weighted by Gasteiger charge is 2.33. The minimum absolute atomic E-state index is 0.494. The van der Waals surface area contributed by atoms with Gasteiger partial charge in [0.2, 0.25) is 0 Å². The molecule has 19 heavy (non-hydrogen) atoms. The Balaban J connectivity index is 2.96. The number of alkyl halides is 6. The summed E-state index contributed by atoms with van der Waals surface area (Å²) in [6, 6.07) is 3.51. The van der Waals surface area contributed by atoms with Gasteiger partial charge in [0.25, 0.3) is 0 Å². The van der Waals surface area contributed by atoms with Crippen LogP contribution in [0.15, 0.2) is 18.2 Å². The summed E-state index contributed by atoms with van der Waals surface area (Å²) >= 11 is 3.19. The number of halogens is 6. The maximum absolute atomic E-state index is 12.2. The van der Waals surface area contributed by atoms with Crippen LogP contribution in [0, 0.1) is 0 Å². The fourth-order valence-electron chi connectivity index (χ4n) is 1.38. The van der Waals surface area contributed by atoms with E-state index >= 15 is 0 Å². The molecule has 0 radical (unpaired) electrons. The van der Waals surface area contributed by atoms with Gasteiger partial charge in [-0.3, -0.25) is 0 Å². The van der Waals surface area contributed by atoms with Crippen LogP contribution in [0.3, 0.4) is 0 Å². The lowest BCUT2D eigenvalue weighted by Crippen LogP contribution is -2.18. The van der Waals surface area contributed by atoms with E-state index in [1.807, 2.05) is 0 Å². The molecule has 0 aliphatic rings. The highest BCUT2D eigenvalue weighted by molar-refractivity contribution is 9.09. The van der Waals surface area contributed by atoms with Gasteiger partial charge in [-0.1, -0.05) is 22.0 Å². The molecule has 8 heteroatoms. The average Bonchev–Trinajstić information content (AvgIpc) is 2.27. The van der Waals surface area contributed by atoms with Gasteiger partial charge in [0.05, 0.1) is 0 Å². The van der Waals surface area contributed by atoms with E-state index in [-0.39, 0.29) is 0 Å². The molecule has 0 unspecified atom stereocenters. The summed E-state index contributed by atoms with van der Waals surface area (Å²) in [5.41, 5.74) is 0.542. The van der Waals surface area contributed by atoms with Gasteiger partial charge in [0.15, 0.2) is 11.5 Å². The second kappa shape index (κ2) is 6.93. The number of hydrogen-bond acceptors (Lipinski definition) is 2. The zero-order chi connectivity index (χ0) is 14.5. The van der Waals surface area contributed by atoms with Crippen molar-refractivity contribution in [1.82, 2.24) is 0 Å². The Morgan fingerprint density at radius 2 is 1.84 bits per heavy atom. The first-order valence-corrected chi connectivity index (χ1v) is 6.33. The number of hydrogen-bond donors (Lipinski definition) is 0. The van der Waals surface area contributed by atoms with Crippen molar-refractivity contribution in [3.8, 4) is 11.5 Å². The number of benzene rings is 1. The SMILES string of the molecule is FC(F)Oc1ccc(CCCBr)cc1OC(F)(F)F. The first kappa shape index (κ1) is 16.0. The van der Waals surface area contributed by atoms with E-state index in [4.69, 9.17) is 0 Å². The van der Waals surface area contributed by atoms with E-state index in [9.17, 15) is 22.0 Å². The predicted octanol–water partition coefficient (Wildman–Crippen LogP) is 4.51. The normalized spacial score (nSPS) is 11.7. The highest BCUT2D eigenvalue weighted by atomic mass is 79.9. The third-order valence-electron chi connectivity index (χ3n) is 2.05. The number of rotatable bonds is 6. The average molecular weight is 349 g/mol. The highest BCUT2D eigenvalue weighted by Crippen LogP contribution is 2.34. The van der Waals surface area contributed by atoms with Crippen LogP contribution < -0.4 is 9.47 Å². The molecule has 1 rings (SSSR count). The van der Waals surface area contributed by atoms with Gasteiger partial charge < -0.3 is 9.47 Å². The van der Waals surface area contributed by atoms with Crippen molar-refractivity contribution in [1.29, 1.82) is 0 Å². The van der Waals surface area contributed by atoms with Crippen LogP contribution in [0.4, 0.5) is 22.0 Å². The molecule has 0 bridgehead atoms. The zero-order valence-corrected chi connectivity index (χ0v) is 11.1. The fourth-order valence-corrected chi connectivity index (χ4v) is 1.66. The molecule has 0 atom stereocenters. The second-order valence-corrected chi connectivity index (χ2v) is 4.29. The van der Waals surface area contributed by atoms with Crippen LogP contribution in [0.1, 0.15) is 12.0 Å². The quantitative estimate of drug-likeness (QED) is 0.556. The Kier molecular flexibility index (Phi) is 5.84. The summed E-state index contributed by atoms with van der Waals surface area (Å²) in [6.07, 6.45) is -3.77. The lowest BCUT2D eigenvalue weighted by molar-refractivity contribution is -0.275. The molecule has 0 fully saturated rings. The topological polar surface area (TPSA) is 18.5 Å². The summed E-state index contributed by atoms with van der Waals surface area (Å²) in [6.45, 7) is -3.22. The Bertz CT molecular complexity index is 409. The summed E-state index contributed by atoms with van der Waals surface area (Å²) in [5, 5.41) is 0.678. The Morgan fingerprint density at radius 1 is 1.16 bits per heavy atom. The third kappa shape index (κ3) is 6.09. The molecule has 2 nitrogen and oxygen atoms in total. The number of aryl methyl sites for hydroxylation is 1. The maximum Gasteiger partial charge on any atom is 0.573 e. The van der Waals surface area contributed by atoms with Crippen LogP contribution in [0.5, 0.6) is 11.5 Å². The van der Waals surface area contributed by atoms with Gasteiger partial charge in [0.1, 0.15) is 0 Å². The van der Waals surface area contributed by atoms with Crippen molar-refractivity contribution in [3.63, 3.8) is 0 Å². The molecule has 1 aromatic rings. The summed E-state index contributed by atoms with van der Waals surface area (Å²) in [4.78, 5) is 0. The zero-order valence-electron chi connectivity index (χ0n) is 9.52. The van der Waals surface area contributed by atoms with Crippen LogP contribution in [0.2, 0.25) is 0 Å². The van der Waals surface area contributed by atoms with Crippen molar-refractivity contribution in [3.05, 3.63) is 23.8 Å². The van der Waals surface area contributed by atoms with E-state index in [0.717, 1.165) is 12.1 Å². The Hall–Kier alpha value is -1.05. The number of ether oxygens (including phenoxy) is 2. The molecule has 0 aliphatic heterocycles. The van der Waals surface area contributed by atoms with Crippen molar-refractivity contribution in [2.75, 3.05) is 5.33 Å². The maximum atomic E-state index is 12.2. The summed E-state index contributed by atoms with van der Waals surface area (Å²) in [5.74, 6) is -1.41. The molecule has 0 aliphatic carbocycles. The summed E-state index contributed by atoms with van der Waals surface area (Å²) < 4.78 is 68.3. The molecule has 0 aromatic heterocycles. The first-order valence-electron chi connectivity index (χ1n) is 5.21. The van der Waals surface area contributed by atoms with Gasteiger partial charge in [-0.05, 0) is 30.5 Å². The minimum Gasteiger partial charge on any atom is -0.431 e. The second-order valence-electron chi connectivity index (χ2n) is 3.50. The smallest absolute Gasteiger partial charge is 0.431 e. The van der Waals surface area contributed by atoms with Gasteiger partial charge in [-0.15, -0.1) is 13.2 Å². The van der Waals surface area contributed by atoms with Crippen LogP contribution in [0.25, 0.3) is 0 Å². The first-order chi connectivity index (χ1) is 8.81. The van der Waals surface area contributed by atoms with Gasteiger partial charge in [-0.25, -0.2) is 0 Å². The van der Waals surface area contributed by atoms with Crippen molar-refractivity contribution in [2.45, 2.75) is 25.8 Å². The molecule has 0 heterocycles. The van der Waals surface area contributed by atoms with Crippen LogP contribution >= 0.6 is 15.9 Å². The molecule has 0 amide bonds. The molecular formula is C11H10BrF5O2. The molecule has 108 valence electrons. The van der Waals surface area contributed by atoms with Gasteiger partial charge in [0, 0.05) is 5.33 Å². The molecular weight excluding hydrogens is 339 g/mol. The third-order valence-corrected chi connectivity index (χ3v) is 2.61. The van der Waals surface area contributed by atoms with Crippen LogP contribution in [-0.2, 0) is 6.42 Å². The molecule has 0 saturated carbocycles. The summed E-state index contributed by atoms with van der Waals surface area (Å²) in [7, 11) is 0. The fraction of sp³-hybridized carbons (Fsp3) is 0.455. The van der Waals surface area contributed by atoms with Crippen molar-refractivity contribution >= 4 is 15.9 Å². The monoisotopic (exact) mass is 348 g/mol. The lowest BCUT2D eigenvalue weighted by Gasteiger charge is -2.14. The molecule has 0 saturated heterocycles. The van der Waals surface area contributed by atoms with Gasteiger partial charge in [-0.2, -0.15) is 8.78 Å². The van der Waals surface area contributed by atoms with E-state index in [2.05, 4.69) is 25.4 Å². The Labute approximate surface area is 114 Å². The van der Waals surface area contributed by atoms with Crippen LogP contribution in [-0.4, -0.2) is 18.3 Å². The van der Waals surface area contributed by atoms with Crippen molar-refractivity contribution < 1.29 is 31.4 Å². The van der Waals surface area contributed by atoms with E-state index < -0.39 is 24.5 Å².